The third-order valence-electron chi connectivity index (χ3n) is 2.33. The van der Waals surface area contributed by atoms with E-state index in [0.29, 0.717) is 18.1 Å². The highest BCUT2D eigenvalue weighted by molar-refractivity contribution is 7.09. The zero-order valence-electron chi connectivity index (χ0n) is 7.38. The van der Waals surface area contributed by atoms with Gasteiger partial charge in [-0.25, -0.2) is 4.98 Å². The lowest BCUT2D eigenvalue weighted by Gasteiger charge is -2.18. The number of carbonyl (C=O) groups excluding carboxylic acids is 1. The molecule has 1 fully saturated rings. The van der Waals surface area contributed by atoms with Gasteiger partial charge in [-0.05, 0) is 0 Å². The van der Waals surface area contributed by atoms with Crippen molar-refractivity contribution in [3.63, 3.8) is 0 Å². The molecular weight excluding hydrogens is 204 g/mol. The summed E-state index contributed by atoms with van der Waals surface area (Å²) in [5.74, 6) is -0.676. The fourth-order valence-corrected chi connectivity index (χ4v) is 2.02. The second-order valence-electron chi connectivity index (χ2n) is 3.29. The van der Waals surface area contributed by atoms with Gasteiger partial charge in [-0.15, -0.1) is 0 Å². The molecule has 7 heteroatoms. The summed E-state index contributed by atoms with van der Waals surface area (Å²) in [7, 11) is 0. The Morgan fingerprint density at radius 2 is 2.57 bits per heavy atom. The van der Waals surface area contributed by atoms with Crippen molar-refractivity contribution in [2.45, 2.75) is 12.0 Å². The molecule has 1 aromatic rings. The summed E-state index contributed by atoms with van der Waals surface area (Å²) in [6, 6.07) is 0. The lowest BCUT2D eigenvalue weighted by molar-refractivity contribution is -0.134. The minimum Gasteiger partial charge on any atom is -0.378 e. The van der Waals surface area contributed by atoms with Crippen LogP contribution in [-0.4, -0.2) is 39.1 Å². The molecule has 1 saturated heterocycles. The van der Waals surface area contributed by atoms with Crippen LogP contribution >= 0.6 is 11.5 Å². The van der Waals surface area contributed by atoms with Crippen LogP contribution in [0.25, 0.3) is 0 Å². The van der Waals surface area contributed by atoms with Crippen LogP contribution in [0.15, 0.2) is 6.33 Å². The number of primary amides is 1. The average Bonchev–Trinajstić information content (AvgIpc) is 2.72. The zero-order valence-corrected chi connectivity index (χ0v) is 8.20. The largest absolute Gasteiger partial charge is 0.378 e. The Kier molecular flexibility index (Phi) is 2.12. The third-order valence-corrected chi connectivity index (χ3v) is 3.05. The van der Waals surface area contributed by atoms with Gasteiger partial charge in [-0.3, -0.25) is 4.79 Å². The quantitative estimate of drug-likeness (QED) is 0.656. The van der Waals surface area contributed by atoms with E-state index >= 15 is 0 Å². The van der Waals surface area contributed by atoms with Crippen LogP contribution in [0.5, 0.6) is 0 Å². The second kappa shape index (κ2) is 3.18. The van der Waals surface area contributed by atoms with E-state index in [1.54, 1.807) is 0 Å². The van der Waals surface area contributed by atoms with E-state index in [9.17, 15) is 9.90 Å². The highest BCUT2D eigenvalue weighted by Gasteiger charge is 2.42. The summed E-state index contributed by atoms with van der Waals surface area (Å²) in [4.78, 5) is 16.8. The van der Waals surface area contributed by atoms with E-state index in [2.05, 4.69) is 9.36 Å². The Labute approximate surface area is 84.5 Å². The number of β-amino-alcohol motifs (C(OH)–C–C–N with tert-alkyl or cyclic N) is 1. The maximum atomic E-state index is 11.0. The van der Waals surface area contributed by atoms with Crippen molar-refractivity contribution in [2.75, 3.05) is 18.0 Å². The van der Waals surface area contributed by atoms with Crippen LogP contribution in [0.4, 0.5) is 5.13 Å². The molecule has 2 heterocycles. The minimum absolute atomic E-state index is 0.206. The molecule has 0 saturated carbocycles. The molecule has 0 aliphatic carbocycles. The number of carbonyl (C=O) groups is 1. The molecule has 0 radical (unpaired) electrons. The third kappa shape index (κ3) is 1.44. The molecule has 14 heavy (non-hydrogen) atoms. The van der Waals surface area contributed by atoms with Crippen molar-refractivity contribution >= 4 is 22.6 Å². The van der Waals surface area contributed by atoms with Crippen LogP contribution in [0.2, 0.25) is 0 Å². The van der Waals surface area contributed by atoms with Crippen molar-refractivity contribution in [2.24, 2.45) is 5.73 Å². The smallest absolute Gasteiger partial charge is 0.251 e. The average molecular weight is 214 g/mol. The molecule has 0 bridgehead atoms. The molecule has 1 aliphatic heterocycles. The molecule has 1 amide bonds. The standard InChI is InChI=1S/C7H10N4O2S/c8-5(12)7(13)1-2-11(3-7)6-9-4-10-14-6/h4,13H,1-3H2,(H2,8,12). The first kappa shape index (κ1) is 9.35. The summed E-state index contributed by atoms with van der Waals surface area (Å²) in [5.41, 5.74) is 3.69. The SMILES string of the molecule is NC(=O)C1(O)CCN(c2ncns2)C1. The van der Waals surface area contributed by atoms with Crippen LogP contribution in [0.3, 0.4) is 0 Å². The molecule has 1 aliphatic rings. The van der Waals surface area contributed by atoms with E-state index in [1.165, 1.54) is 17.9 Å². The summed E-state index contributed by atoms with van der Waals surface area (Å²) in [6.07, 6.45) is 1.80. The molecule has 0 spiro atoms. The fourth-order valence-electron chi connectivity index (χ4n) is 1.46. The molecule has 0 aromatic carbocycles. The van der Waals surface area contributed by atoms with Gasteiger partial charge in [0.25, 0.3) is 5.91 Å². The van der Waals surface area contributed by atoms with Crippen molar-refractivity contribution in [3.8, 4) is 0 Å². The lowest BCUT2D eigenvalue weighted by Crippen LogP contribution is -2.46. The summed E-state index contributed by atoms with van der Waals surface area (Å²) >= 11 is 1.23. The van der Waals surface area contributed by atoms with Gasteiger partial charge in [-0.1, -0.05) is 0 Å². The number of nitrogens with two attached hydrogens (primary N) is 1. The second-order valence-corrected chi connectivity index (χ2v) is 4.05. The minimum atomic E-state index is -1.41. The van der Waals surface area contributed by atoms with Crippen LogP contribution < -0.4 is 10.6 Å². The van der Waals surface area contributed by atoms with Gasteiger partial charge in [0.05, 0.1) is 6.54 Å². The van der Waals surface area contributed by atoms with Gasteiger partial charge in [0.2, 0.25) is 5.13 Å². The highest BCUT2D eigenvalue weighted by atomic mass is 32.1. The van der Waals surface area contributed by atoms with Gasteiger partial charge in [0.15, 0.2) is 5.60 Å². The molecule has 76 valence electrons. The maximum Gasteiger partial charge on any atom is 0.251 e. The number of anilines is 1. The van der Waals surface area contributed by atoms with Crippen molar-refractivity contribution in [3.05, 3.63) is 6.33 Å². The monoisotopic (exact) mass is 214 g/mol. The zero-order chi connectivity index (χ0) is 10.2. The first-order chi connectivity index (χ1) is 6.62. The number of rotatable bonds is 2. The molecule has 3 N–H and O–H groups in total. The molecule has 6 nitrogen and oxygen atoms in total. The highest BCUT2D eigenvalue weighted by Crippen LogP contribution is 2.26. The Morgan fingerprint density at radius 1 is 1.79 bits per heavy atom. The molecular formula is C7H10N4O2S. The first-order valence-corrected chi connectivity index (χ1v) is 4.93. The number of hydrogen-bond acceptors (Lipinski definition) is 6. The normalized spacial score (nSPS) is 26.8. The Hall–Kier alpha value is -1.21. The van der Waals surface area contributed by atoms with E-state index in [0.717, 1.165) is 0 Å². The van der Waals surface area contributed by atoms with E-state index in [-0.39, 0.29) is 6.54 Å². The van der Waals surface area contributed by atoms with Gasteiger partial charge >= 0.3 is 0 Å². The first-order valence-electron chi connectivity index (χ1n) is 4.16. The summed E-state index contributed by atoms with van der Waals surface area (Å²) in [5, 5.41) is 10.5. The van der Waals surface area contributed by atoms with E-state index < -0.39 is 11.5 Å². The van der Waals surface area contributed by atoms with Crippen LogP contribution in [0, 0.1) is 0 Å². The van der Waals surface area contributed by atoms with Crippen LogP contribution in [-0.2, 0) is 4.79 Å². The van der Waals surface area contributed by atoms with Crippen molar-refractivity contribution in [1.29, 1.82) is 0 Å². The maximum absolute atomic E-state index is 11.0. The molecule has 1 atom stereocenters. The van der Waals surface area contributed by atoms with E-state index in [1.807, 2.05) is 4.90 Å². The Bertz CT molecular complexity index is 341. The predicted molar refractivity (Wildman–Crippen MR) is 50.9 cm³/mol. The van der Waals surface area contributed by atoms with Crippen molar-refractivity contribution in [1.82, 2.24) is 9.36 Å². The number of aliphatic hydroxyl groups is 1. The molecule has 1 aromatic heterocycles. The van der Waals surface area contributed by atoms with E-state index in [4.69, 9.17) is 5.73 Å². The van der Waals surface area contributed by atoms with Gasteiger partial charge in [0.1, 0.15) is 6.33 Å². The lowest BCUT2D eigenvalue weighted by atomic mass is 10.0. The van der Waals surface area contributed by atoms with Gasteiger partial charge in [-0.2, -0.15) is 4.37 Å². The Balaban J connectivity index is 2.12. The number of amides is 1. The number of nitrogens with zero attached hydrogens (tertiary/aromatic N) is 3. The van der Waals surface area contributed by atoms with Crippen LogP contribution in [0.1, 0.15) is 6.42 Å². The Morgan fingerprint density at radius 3 is 3.07 bits per heavy atom. The predicted octanol–water partition coefficient (Wildman–Crippen LogP) is -1.04. The van der Waals surface area contributed by atoms with Gasteiger partial charge in [0, 0.05) is 24.5 Å². The fraction of sp³-hybridized carbons (Fsp3) is 0.571. The molecule has 1 unspecified atom stereocenters. The number of hydrogen-bond donors (Lipinski definition) is 2. The summed E-state index contributed by atoms with van der Waals surface area (Å²) in [6.45, 7) is 0.784. The summed E-state index contributed by atoms with van der Waals surface area (Å²) < 4.78 is 3.85. The number of aromatic nitrogens is 2. The topological polar surface area (TPSA) is 92.3 Å². The van der Waals surface area contributed by atoms with Gasteiger partial charge < -0.3 is 15.7 Å². The molecule has 2 rings (SSSR count). The van der Waals surface area contributed by atoms with Crippen molar-refractivity contribution < 1.29 is 9.90 Å².